The molecule has 1 heterocycles. The first kappa shape index (κ1) is 29.6. The highest BCUT2D eigenvalue weighted by Crippen LogP contribution is 2.19. The van der Waals surface area contributed by atoms with Crippen molar-refractivity contribution in [1.29, 1.82) is 0 Å². The molecule has 1 aromatic heterocycles. The Morgan fingerprint density at radius 1 is 0.512 bits per heavy atom. The number of hydrogen-bond acceptors (Lipinski definition) is 1. The quantitative estimate of drug-likeness (QED) is 0.143. The highest BCUT2D eigenvalue weighted by molar-refractivity contribution is 5.69. The summed E-state index contributed by atoms with van der Waals surface area (Å²) in [6.45, 7) is -0.621. The second-order valence-electron chi connectivity index (χ2n) is 10.3. The molecule has 0 aliphatic heterocycles. The van der Waals surface area contributed by atoms with Gasteiger partial charge >= 0.3 is 6.18 Å². The highest BCUT2D eigenvalue weighted by Gasteiger charge is 2.35. The Balaban J connectivity index is 1.27. The molecule has 43 heavy (non-hydrogen) atoms. The van der Waals surface area contributed by atoms with Gasteiger partial charge in [0.05, 0.1) is 0 Å². The van der Waals surface area contributed by atoms with Crippen LogP contribution in [0, 0.1) is 0 Å². The molecule has 0 unspecified atom stereocenters. The van der Waals surface area contributed by atoms with E-state index < -0.39 is 12.7 Å². The maximum absolute atomic E-state index is 13.6. The third-order valence-electron chi connectivity index (χ3n) is 7.04. The average molecular weight is 577 g/mol. The summed E-state index contributed by atoms with van der Waals surface area (Å²) >= 11 is 0. The molecule has 0 spiro atoms. The lowest BCUT2D eigenvalue weighted by Gasteiger charge is -2.08. The molecule has 0 radical (unpaired) electrons. The number of aryl methyl sites for hydroxylation is 2. The SMILES string of the molecule is FC(F)(F)C[n+]1c(/C=C/c2ccc(CCc3ccccc3)cc2)cccc1/C=C/c1ccc(OCc2ccccc2)cc1. The molecule has 0 saturated carbocycles. The maximum Gasteiger partial charge on any atom is 0.448 e. The van der Waals surface area contributed by atoms with Crippen LogP contribution in [0.1, 0.15) is 39.2 Å². The average Bonchev–Trinajstić information content (AvgIpc) is 3.03. The van der Waals surface area contributed by atoms with Gasteiger partial charge in [-0.3, -0.25) is 0 Å². The first-order valence-corrected chi connectivity index (χ1v) is 14.3. The lowest BCUT2D eigenvalue weighted by Crippen LogP contribution is -2.46. The summed E-state index contributed by atoms with van der Waals surface area (Å²) in [4.78, 5) is 0. The van der Waals surface area contributed by atoms with Crippen molar-refractivity contribution in [3.63, 3.8) is 0 Å². The van der Waals surface area contributed by atoms with E-state index in [1.807, 2.05) is 97.1 Å². The molecule has 0 aliphatic carbocycles. The lowest BCUT2D eigenvalue weighted by molar-refractivity contribution is -0.722. The molecule has 4 aromatic carbocycles. The van der Waals surface area contributed by atoms with Crippen molar-refractivity contribution < 1.29 is 22.5 Å². The van der Waals surface area contributed by atoms with Crippen LogP contribution in [0.4, 0.5) is 13.2 Å². The van der Waals surface area contributed by atoms with Crippen LogP contribution in [-0.2, 0) is 26.0 Å². The van der Waals surface area contributed by atoms with E-state index in [9.17, 15) is 13.2 Å². The van der Waals surface area contributed by atoms with Crippen LogP contribution in [0.3, 0.4) is 0 Å². The highest BCUT2D eigenvalue weighted by atomic mass is 19.4. The van der Waals surface area contributed by atoms with E-state index in [4.69, 9.17) is 4.74 Å². The molecule has 0 atom stereocenters. The molecule has 5 rings (SSSR count). The Hall–Kier alpha value is -4.90. The zero-order valence-electron chi connectivity index (χ0n) is 23.8. The number of benzene rings is 4. The normalized spacial score (nSPS) is 11.8. The second-order valence-corrected chi connectivity index (χ2v) is 10.3. The van der Waals surface area contributed by atoms with Crippen molar-refractivity contribution in [2.75, 3.05) is 0 Å². The topological polar surface area (TPSA) is 13.1 Å². The minimum atomic E-state index is -4.37. The summed E-state index contributed by atoms with van der Waals surface area (Å²) in [7, 11) is 0. The third kappa shape index (κ3) is 9.30. The van der Waals surface area contributed by atoms with Crippen LogP contribution in [0.5, 0.6) is 5.75 Å². The molecule has 2 nitrogen and oxygen atoms in total. The van der Waals surface area contributed by atoms with Gasteiger partial charge in [0.2, 0.25) is 17.9 Å². The summed E-state index contributed by atoms with van der Waals surface area (Å²) in [6.07, 6.45) is 4.63. The van der Waals surface area contributed by atoms with Gasteiger partial charge in [0.25, 0.3) is 0 Å². The van der Waals surface area contributed by atoms with E-state index in [-0.39, 0.29) is 0 Å². The van der Waals surface area contributed by atoms with Crippen LogP contribution in [-0.4, -0.2) is 6.18 Å². The minimum Gasteiger partial charge on any atom is -0.489 e. The Labute approximate surface area is 251 Å². The van der Waals surface area contributed by atoms with E-state index >= 15 is 0 Å². The zero-order valence-corrected chi connectivity index (χ0v) is 23.8. The number of aromatic nitrogens is 1. The Morgan fingerprint density at radius 3 is 1.53 bits per heavy atom. The molecule has 216 valence electrons. The molecule has 0 saturated heterocycles. The number of halogens is 3. The van der Waals surface area contributed by atoms with Crippen molar-refractivity contribution in [1.82, 2.24) is 0 Å². The maximum atomic E-state index is 13.6. The predicted molar refractivity (Wildman–Crippen MR) is 168 cm³/mol. The smallest absolute Gasteiger partial charge is 0.448 e. The van der Waals surface area contributed by atoms with E-state index in [1.165, 1.54) is 15.7 Å². The van der Waals surface area contributed by atoms with Gasteiger partial charge in [-0.25, -0.2) is 0 Å². The molecule has 0 amide bonds. The second kappa shape index (κ2) is 14.3. The van der Waals surface area contributed by atoms with Crippen molar-refractivity contribution in [3.8, 4) is 5.75 Å². The Kier molecular flexibility index (Phi) is 9.86. The fraction of sp³-hybridized carbons (Fsp3) is 0.132. The lowest BCUT2D eigenvalue weighted by atomic mass is 10.0. The predicted octanol–water partition coefficient (Wildman–Crippen LogP) is 9.24. The van der Waals surface area contributed by atoms with Gasteiger partial charge in [-0.05, 0) is 71.0 Å². The van der Waals surface area contributed by atoms with Crippen LogP contribution in [0.2, 0.25) is 0 Å². The number of alkyl halides is 3. The Morgan fingerprint density at radius 2 is 1.00 bits per heavy atom. The summed E-state index contributed by atoms with van der Waals surface area (Å²) in [6, 6.07) is 41.0. The fourth-order valence-electron chi connectivity index (χ4n) is 4.74. The molecular weight excluding hydrogens is 543 g/mol. The first-order valence-electron chi connectivity index (χ1n) is 14.3. The number of nitrogens with zero attached hydrogens (tertiary/aromatic N) is 1. The van der Waals surface area contributed by atoms with E-state index in [2.05, 4.69) is 24.3 Å². The summed E-state index contributed by atoms with van der Waals surface area (Å²) in [5.41, 5.74) is 6.30. The molecule has 0 bridgehead atoms. The van der Waals surface area contributed by atoms with Gasteiger partial charge < -0.3 is 4.74 Å². The van der Waals surface area contributed by atoms with Crippen LogP contribution < -0.4 is 9.30 Å². The molecular formula is C38H33F3NO+. The van der Waals surface area contributed by atoms with Gasteiger partial charge in [-0.1, -0.05) is 97.1 Å². The fourth-order valence-corrected chi connectivity index (χ4v) is 4.74. The number of hydrogen-bond donors (Lipinski definition) is 0. The van der Waals surface area contributed by atoms with E-state index in [0.717, 1.165) is 35.3 Å². The molecule has 5 heteroatoms. The summed E-state index contributed by atoms with van der Waals surface area (Å²) in [5, 5.41) is 0. The summed E-state index contributed by atoms with van der Waals surface area (Å²) in [5.74, 6) is 0.726. The van der Waals surface area contributed by atoms with E-state index in [0.29, 0.717) is 18.0 Å². The standard InChI is InChI=1S/C38H33F3NO/c39-38(40,41)29-42-35(24-20-32-18-16-31(17-19-32)15-14-30-8-3-1-4-9-30)12-7-13-36(42)25-21-33-22-26-37(27-23-33)43-28-34-10-5-2-6-11-34/h1-13,16-27H,14-15,28-29H2/q+1/b24-20+,25-21+. The molecule has 0 fully saturated rings. The monoisotopic (exact) mass is 576 g/mol. The summed E-state index contributed by atoms with van der Waals surface area (Å²) < 4.78 is 48.0. The Bertz CT molecular complexity index is 1530. The largest absolute Gasteiger partial charge is 0.489 e. The van der Waals surface area contributed by atoms with Gasteiger partial charge in [0, 0.05) is 24.3 Å². The van der Waals surface area contributed by atoms with E-state index in [1.54, 1.807) is 30.4 Å². The van der Waals surface area contributed by atoms with Gasteiger partial charge in [-0.2, -0.15) is 17.7 Å². The van der Waals surface area contributed by atoms with Crippen molar-refractivity contribution in [2.45, 2.75) is 32.2 Å². The van der Waals surface area contributed by atoms with Crippen LogP contribution >= 0.6 is 0 Å². The molecule has 0 aliphatic rings. The minimum absolute atomic E-state index is 0.458. The number of pyridine rings is 1. The molecule has 5 aromatic rings. The van der Waals surface area contributed by atoms with Gasteiger partial charge in [0.15, 0.2) is 0 Å². The van der Waals surface area contributed by atoms with Gasteiger partial charge in [0.1, 0.15) is 12.4 Å². The van der Waals surface area contributed by atoms with Crippen molar-refractivity contribution in [2.24, 2.45) is 0 Å². The molecule has 0 N–H and O–H groups in total. The number of rotatable bonds is 11. The third-order valence-corrected chi connectivity index (χ3v) is 7.04. The zero-order chi connectivity index (χ0) is 29.9. The van der Waals surface area contributed by atoms with Crippen molar-refractivity contribution >= 4 is 24.3 Å². The van der Waals surface area contributed by atoms with Crippen LogP contribution in [0.15, 0.2) is 127 Å². The van der Waals surface area contributed by atoms with Crippen LogP contribution in [0.25, 0.3) is 24.3 Å². The first-order chi connectivity index (χ1) is 20.9. The van der Waals surface area contributed by atoms with Gasteiger partial charge in [-0.15, -0.1) is 0 Å². The number of ether oxygens (including phenoxy) is 1. The van der Waals surface area contributed by atoms with Crippen molar-refractivity contribution in [3.05, 3.63) is 167 Å².